The number of fused-ring (bicyclic) bond motifs is 3. The number of hydrogen-bond acceptors (Lipinski definition) is 5. The first-order valence-electron chi connectivity index (χ1n) is 8.59. The van der Waals surface area contributed by atoms with Crippen LogP contribution in [-0.2, 0) is 4.79 Å². The number of halogens is 1. The predicted molar refractivity (Wildman–Crippen MR) is 99.0 cm³/mol. The molecular weight excluding hydrogens is 390 g/mol. The number of carboxylic acids is 1. The maximum absolute atomic E-state index is 12.5. The van der Waals surface area contributed by atoms with Crippen molar-refractivity contribution in [2.75, 3.05) is 13.1 Å². The number of nitrogens with zero attached hydrogens (tertiary/aromatic N) is 3. The van der Waals surface area contributed by atoms with Crippen molar-refractivity contribution in [1.29, 1.82) is 0 Å². The highest BCUT2D eigenvalue weighted by Crippen LogP contribution is 2.39. The zero-order chi connectivity index (χ0) is 20.2. The van der Waals surface area contributed by atoms with Gasteiger partial charge in [-0.2, -0.15) is 0 Å². The molecule has 2 atom stereocenters. The molecule has 0 spiro atoms. The second kappa shape index (κ2) is 6.52. The Morgan fingerprint density at radius 3 is 2.71 bits per heavy atom. The van der Waals surface area contributed by atoms with Crippen LogP contribution in [0.4, 0.5) is 4.79 Å². The lowest BCUT2D eigenvalue weighted by Gasteiger charge is -2.34. The lowest BCUT2D eigenvalue weighted by atomic mass is 9.94. The van der Waals surface area contributed by atoms with E-state index in [1.54, 1.807) is 25.1 Å². The number of aliphatic carboxylic acids is 1. The Morgan fingerprint density at radius 2 is 2.04 bits per heavy atom. The molecule has 0 aromatic heterocycles. The average Bonchev–Trinajstić information content (AvgIpc) is 2.99. The van der Waals surface area contributed by atoms with Crippen LogP contribution in [0, 0.1) is 12.8 Å². The summed E-state index contributed by atoms with van der Waals surface area (Å²) in [6.45, 7) is 1.54. The average molecular weight is 406 g/mol. The van der Waals surface area contributed by atoms with E-state index in [0.717, 1.165) is 4.90 Å². The SMILES string of the molecule is Cc1on(C2CC(C(=O)O)CN(C(=O)O)C2)c2c3c(Cl)cccc3nc(=O)c1-2. The Labute approximate surface area is 163 Å². The molecule has 28 heavy (non-hydrogen) atoms. The predicted octanol–water partition coefficient (Wildman–Crippen LogP) is 2.68. The smallest absolute Gasteiger partial charge is 0.407 e. The molecule has 1 aromatic rings. The van der Waals surface area contributed by atoms with Crippen LogP contribution >= 0.6 is 11.6 Å². The monoisotopic (exact) mass is 405 g/mol. The standard InChI is InChI=1S/C18H16ClN3O6/c1-8-13-15(14-11(19)3-2-4-12(14)20-16(13)23)22(28-8)10-5-9(17(24)25)6-21(7-10)18(26)27/h2-4,9-10H,5-7H2,1H3,(H,24,25)(H,26,27). The number of rotatable bonds is 2. The normalized spacial score (nSPS) is 20.0. The summed E-state index contributed by atoms with van der Waals surface area (Å²) < 4.78 is 7.23. The number of likely N-dealkylation sites (tertiary alicyclic amines) is 1. The second-order valence-electron chi connectivity index (χ2n) is 6.86. The quantitative estimate of drug-likeness (QED) is 0.671. The number of aromatic nitrogens is 2. The number of hydrogen-bond donors (Lipinski definition) is 2. The molecule has 1 saturated heterocycles. The molecule has 4 rings (SSSR count). The number of aryl methyl sites for hydroxylation is 1. The summed E-state index contributed by atoms with van der Waals surface area (Å²) in [5, 5.41) is 19.7. The van der Waals surface area contributed by atoms with Crippen LogP contribution in [0.15, 0.2) is 27.5 Å². The zero-order valence-corrected chi connectivity index (χ0v) is 15.5. The first-order chi connectivity index (χ1) is 13.3. The number of amides is 1. The third-order valence-corrected chi connectivity index (χ3v) is 5.40. The molecule has 0 saturated carbocycles. The van der Waals surface area contributed by atoms with Crippen LogP contribution in [0.5, 0.6) is 0 Å². The third-order valence-electron chi connectivity index (χ3n) is 5.09. The van der Waals surface area contributed by atoms with Crippen molar-refractivity contribution >= 4 is 34.6 Å². The first-order valence-corrected chi connectivity index (χ1v) is 8.96. The van der Waals surface area contributed by atoms with Crippen molar-refractivity contribution < 1.29 is 24.3 Å². The first kappa shape index (κ1) is 18.3. The molecule has 2 N–H and O–H groups in total. The van der Waals surface area contributed by atoms with E-state index in [1.807, 2.05) is 0 Å². The van der Waals surface area contributed by atoms with Crippen molar-refractivity contribution in [3.63, 3.8) is 0 Å². The minimum absolute atomic E-state index is 0.0360. The van der Waals surface area contributed by atoms with E-state index in [-0.39, 0.29) is 25.1 Å². The number of carboxylic acid groups (broad SMARTS) is 2. The molecule has 0 radical (unpaired) electrons. The van der Waals surface area contributed by atoms with Gasteiger partial charge in [0.05, 0.1) is 22.5 Å². The van der Waals surface area contributed by atoms with Gasteiger partial charge in [0, 0.05) is 18.5 Å². The van der Waals surface area contributed by atoms with Gasteiger partial charge >= 0.3 is 12.1 Å². The molecule has 9 nitrogen and oxygen atoms in total. The number of carbonyl (C=O) groups is 2. The van der Waals surface area contributed by atoms with Crippen LogP contribution in [0.2, 0.25) is 5.02 Å². The van der Waals surface area contributed by atoms with E-state index in [9.17, 15) is 24.6 Å². The highest BCUT2D eigenvalue weighted by atomic mass is 35.5. The van der Waals surface area contributed by atoms with Gasteiger partial charge in [-0.1, -0.05) is 17.7 Å². The Morgan fingerprint density at radius 1 is 1.29 bits per heavy atom. The maximum Gasteiger partial charge on any atom is 0.407 e. The van der Waals surface area contributed by atoms with E-state index in [4.69, 9.17) is 16.1 Å². The molecule has 146 valence electrons. The van der Waals surface area contributed by atoms with E-state index >= 15 is 0 Å². The van der Waals surface area contributed by atoms with Gasteiger partial charge in [-0.05, 0) is 25.5 Å². The molecule has 0 aliphatic carbocycles. The van der Waals surface area contributed by atoms with E-state index in [0.29, 0.717) is 27.4 Å². The van der Waals surface area contributed by atoms with Gasteiger partial charge in [0.25, 0.3) is 5.56 Å². The van der Waals surface area contributed by atoms with E-state index in [1.165, 1.54) is 4.74 Å². The van der Waals surface area contributed by atoms with Crippen LogP contribution in [0.25, 0.3) is 22.2 Å². The Kier molecular flexibility index (Phi) is 4.26. The molecule has 1 fully saturated rings. The largest absolute Gasteiger partial charge is 0.481 e. The van der Waals surface area contributed by atoms with Gasteiger partial charge in [-0.3, -0.25) is 9.59 Å². The second-order valence-corrected chi connectivity index (χ2v) is 7.27. The fourth-order valence-corrected chi connectivity index (χ4v) is 4.10. The lowest BCUT2D eigenvalue weighted by molar-refractivity contribution is -0.144. The third kappa shape index (κ3) is 2.78. The van der Waals surface area contributed by atoms with Crippen LogP contribution < -0.4 is 5.56 Å². The minimum Gasteiger partial charge on any atom is -0.481 e. The molecule has 10 heteroatoms. The molecule has 2 unspecified atom stereocenters. The zero-order valence-electron chi connectivity index (χ0n) is 14.8. The number of piperidine rings is 1. The number of pyridine rings is 1. The summed E-state index contributed by atoms with van der Waals surface area (Å²) in [6, 6.07) is 4.38. The fourth-order valence-electron chi connectivity index (χ4n) is 3.84. The maximum atomic E-state index is 12.5. The van der Waals surface area contributed by atoms with Gasteiger partial charge < -0.3 is 19.6 Å². The Bertz CT molecular complexity index is 1110. The number of benzene rings is 1. The molecule has 3 aliphatic rings. The molecule has 1 amide bonds. The summed E-state index contributed by atoms with van der Waals surface area (Å²) in [5.41, 5.74) is 0.560. The summed E-state index contributed by atoms with van der Waals surface area (Å²) >= 11 is 6.37. The van der Waals surface area contributed by atoms with Gasteiger partial charge in [0.15, 0.2) is 0 Å². The van der Waals surface area contributed by atoms with Crippen LogP contribution in [0.1, 0.15) is 18.2 Å². The van der Waals surface area contributed by atoms with Crippen molar-refractivity contribution in [3.8, 4) is 11.3 Å². The fraction of sp³-hybridized carbons (Fsp3) is 0.333. The molecular formula is C18H16ClN3O6. The van der Waals surface area contributed by atoms with Crippen molar-refractivity contribution in [2.24, 2.45) is 5.92 Å². The lowest BCUT2D eigenvalue weighted by Crippen LogP contribution is -2.46. The van der Waals surface area contributed by atoms with Crippen LogP contribution in [0.3, 0.4) is 0 Å². The van der Waals surface area contributed by atoms with E-state index < -0.39 is 29.6 Å². The summed E-state index contributed by atoms with van der Waals surface area (Å²) in [6.07, 6.45) is -1.05. The van der Waals surface area contributed by atoms with E-state index in [2.05, 4.69) is 4.98 Å². The van der Waals surface area contributed by atoms with Crippen molar-refractivity contribution in [1.82, 2.24) is 14.6 Å². The van der Waals surface area contributed by atoms with Crippen molar-refractivity contribution in [3.05, 3.63) is 39.3 Å². The van der Waals surface area contributed by atoms with Gasteiger partial charge in [-0.15, -0.1) is 0 Å². The minimum atomic E-state index is -1.21. The van der Waals surface area contributed by atoms with Gasteiger partial charge in [0.2, 0.25) is 0 Å². The van der Waals surface area contributed by atoms with Gasteiger partial charge in [-0.25, -0.2) is 14.5 Å². The molecule has 3 aliphatic heterocycles. The van der Waals surface area contributed by atoms with Gasteiger partial charge in [0.1, 0.15) is 17.0 Å². The summed E-state index contributed by atoms with van der Waals surface area (Å²) in [7, 11) is 0. The Hall–Kier alpha value is -3.07. The highest BCUT2D eigenvalue weighted by molar-refractivity contribution is 6.36. The molecule has 3 heterocycles. The summed E-state index contributed by atoms with van der Waals surface area (Å²) in [5.74, 6) is -1.66. The molecule has 1 aromatic carbocycles. The van der Waals surface area contributed by atoms with Crippen molar-refractivity contribution in [2.45, 2.75) is 19.4 Å². The molecule has 0 bridgehead atoms. The Balaban J connectivity index is 1.95. The topological polar surface area (TPSA) is 126 Å². The summed E-state index contributed by atoms with van der Waals surface area (Å²) in [4.78, 5) is 40.7. The van der Waals surface area contributed by atoms with Crippen LogP contribution in [-0.4, -0.2) is 50.0 Å². The highest BCUT2D eigenvalue weighted by Gasteiger charge is 2.38.